The number of aliphatic hydroxyl groups excluding tert-OH is 5. The molecule has 0 aromatic carbocycles. The first-order valence-corrected chi connectivity index (χ1v) is 16.0. The van der Waals surface area contributed by atoms with Gasteiger partial charge in [-0.1, -0.05) is 87.4 Å². The molecule has 1 rings (SSSR count). The molecule has 43 heavy (non-hydrogen) atoms. The molecule has 1 amide bonds. The molecule has 1 aliphatic heterocycles. The Balaban J connectivity index is 2.49. The number of carbonyl (C=O) groups excluding carboxylic acids is 1. The average Bonchev–Trinajstić information content (AvgIpc) is 3.00. The molecule has 0 radical (unpaired) electrons. The van der Waals surface area contributed by atoms with Crippen molar-refractivity contribution >= 4 is 5.91 Å². The summed E-state index contributed by atoms with van der Waals surface area (Å²) in [6.07, 6.45) is 23.1. The van der Waals surface area contributed by atoms with Crippen molar-refractivity contribution in [3.8, 4) is 0 Å². The fourth-order valence-corrected chi connectivity index (χ4v) is 4.44. The van der Waals surface area contributed by atoms with E-state index in [0.717, 1.165) is 64.2 Å². The van der Waals surface area contributed by atoms with Crippen LogP contribution in [0.5, 0.6) is 0 Å². The predicted molar refractivity (Wildman–Crippen MR) is 170 cm³/mol. The highest BCUT2D eigenvalue weighted by Crippen LogP contribution is 2.22. The van der Waals surface area contributed by atoms with Gasteiger partial charge >= 0.3 is 0 Å². The normalized spacial score (nSPS) is 24.7. The number of allylic oxidation sites excluding steroid dienone is 9. The summed E-state index contributed by atoms with van der Waals surface area (Å²) in [5, 5.41) is 53.3. The van der Waals surface area contributed by atoms with Crippen LogP contribution in [0.3, 0.4) is 0 Å². The first-order valence-electron chi connectivity index (χ1n) is 16.0. The fourth-order valence-electron chi connectivity index (χ4n) is 4.44. The molecular weight excluding hydrogens is 550 g/mol. The van der Waals surface area contributed by atoms with Gasteiger partial charge in [0.2, 0.25) is 5.91 Å². The van der Waals surface area contributed by atoms with Crippen LogP contribution < -0.4 is 5.32 Å². The molecule has 7 atom stereocenters. The molecule has 0 aliphatic carbocycles. The Hall–Kier alpha value is -2.11. The molecule has 1 saturated heterocycles. The Morgan fingerprint density at radius 2 is 1.42 bits per heavy atom. The minimum atomic E-state index is -1.57. The van der Waals surface area contributed by atoms with Gasteiger partial charge in [-0.3, -0.25) is 4.79 Å². The minimum absolute atomic E-state index is 0.211. The van der Waals surface area contributed by atoms with E-state index in [1.165, 1.54) is 0 Å². The number of unbranched alkanes of at least 4 members (excludes halogenated alkanes) is 5. The molecule has 7 unspecified atom stereocenters. The molecule has 0 aromatic rings. The Bertz CT molecular complexity index is 853. The van der Waals surface area contributed by atoms with Gasteiger partial charge in [0, 0.05) is 6.42 Å². The van der Waals surface area contributed by atoms with Crippen molar-refractivity contribution in [2.24, 2.45) is 0 Å². The van der Waals surface area contributed by atoms with Crippen molar-refractivity contribution < 1.29 is 39.8 Å². The topological polar surface area (TPSA) is 149 Å². The molecule has 0 saturated carbocycles. The molecular formula is C34H57NO8. The van der Waals surface area contributed by atoms with Crippen LogP contribution in [-0.4, -0.2) is 87.5 Å². The molecule has 6 N–H and O–H groups in total. The van der Waals surface area contributed by atoms with Crippen LogP contribution in [0.2, 0.25) is 0 Å². The zero-order valence-electron chi connectivity index (χ0n) is 26.2. The second-order valence-corrected chi connectivity index (χ2v) is 10.9. The van der Waals surface area contributed by atoms with E-state index < -0.39 is 49.5 Å². The molecule has 1 aliphatic rings. The number of nitrogens with one attached hydrogen (secondary N) is 1. The summed E-state index contributed by atoms with van der Waals surface area (Å²) < 4.78 is 11.0. The third-order valence-corrected chi connectivity index (χ3v) is 7.10. The fraction of sp³-hybridized carbons (Fsp3) is 0.676. The molecule has 0 aromatic heterocycles. The smallest absolute Gasteiger partial charge is 0.220 e. The lowest BCUT2D eigenvalue weighted by molar-refractivity contribution is -0.302. The van der Waals surface area contributed by atoms with Gasteiger partial charge in [-0.25, -0.2) is 0 Å². The van der Waals surface area contributed by atoms with Gasteiger partial charge in [0.1, 0.15) is 24.4 Å². The summed E-state index contributed by atoms with van der Waals surface area (Å²) in [7, 11) is 0. The zero-order chi connectivity index (χ0) is 31.7. The first kappa shape index (κ1) is 38.9. The van der Waals surface area contributed by atoms with Crippen molar-refractivity contribution in [1.29, 1.82) is 0 Å². The van der Waals surface area contributed by atoms with Crippen molar-refractivity contribution in [2.75, 3.05) is 13.2 Å². The highest BCUT2D eigenvalue weighted by molar-refractivity contribution is 5.76. The van der Waals surface area contributed by atoms with Gasteiger partial charge in [-0.2, -0.15) is 0 Å². The van der Waals surface area contributed by atoms with Crippen LogP contribution in [0.1, 0.15) is 90.9 Å². The van der Waals surface area contributed by atoms with Crippen LogP contribution in [0.4, 0.5) is 0 Å². The minimum Gasteiger partial charge on any atom is -0.394 e. The van der Waals surface area contributed by atoms with Crippen molar-refractivity contribution in [3.63, 3.8) is 0 Å². The molecule has 9 nitrogen and oxygen atoms in total. The van der Waals surface area contributed by atoms with E-state index in [1.54, 1.807) is 6.08 Å². The summed E-state index contributed by atoms with van der Waals surface area (Å²) in [6.45, 7) is 3.46. The molecule has 0 spiro atoms. The number of hydrogen-bond donors (Lipinski definition) is 6. The molecule has 1 heterocycles. The second kappa shape index (κ2) is 25.2. The average molecular weight is 608 g/mol. The maximum atomic E-state index is 12.7. The van der Waals surface area contributed by atoms with E-state index in [-0.39, 0.29) is 18.9 Å². The maximum Gasteiger partial charge on any atom is 0.220 e. The monoisotopic (exact) mass is 607 g/mol. The quantitative estimate of drug-likeness (QED) is 0.0750. The van der Waals surface area contributed by atoms with Crippen LogP contribution in [0, 0.1) is 0 Å². The van der Waals surface area contributed by atoms with E-state index in [1.807, 2.05) is 6.08 Å². The Labute approximate surface area is 258 Å². The lowest BCUT2D eigenvalue weighted by Gasteiger charge is -2.40. The van der Waals surface area contributed by atoms with Gasteiger partial charge in [0.25, 0.3) is 0 Å². The number of ether oxygens (including phenoxy) is 2. The van der Waals surface area contributed by atoms with E-state index in [4.69, 9.17) is 9.47 Å². The standard InChI is InChI=1S/C34H57NO8/c1-3-5-7-9-10-11-12-13-14-15-16-17-18-20-22-24-30(38)35-27(28(37)23-21-19-8-6-4-2)26-42-34-33(41)32(40)31(39)29(25-36)43-34/h5,7,10-11,13-14,16-17,21,23,27-29,31-34,36-37,39-41H,3-4,6,8-9,12,15,18-20,22,24-26H2,1-2H3,(H,35,38)/b7-5-,11-10-,14-13-,17-16-,23-21+. The third-order valence-electron chi connectivity index (χ3n) is 7.10. The molecule has 1 fully saturated rings. The number of carbonyl (C=O) groups is 1. The number of amides is 1. The van der Waals surface area contributed by atoms with Gasteiger partial charge in [0.15, 0.2) is 6.29 Å². The molecule has 246 valence electrons. The molecule has 9 heteroatoms. The highest BCUT2D eigenvalue weighted by Gasteiger charge is 2.44. The van der Waals surface area contributed by atoms with E-state index in [2.05, 4.69) is 67.8 Å². The van der Waals surface area contributed by atoms with Crippen molar-refractivity contribution in [3.05, 3.63) is 60.8 Å². The predicted octanol–water partition coefficient (Wildman–Crippen LogP) is 4.15. The Kier molecular flexibility index (Phi) is 22.8. The van der Waals surface area contributed by atoms with Crippen molar-refractivity contribution in [1.82, 2.24) is 5.32 Å². The van der Waals surface area contributed by atoms with Crippen LogP contribution in [-0.2, 0) is 14.3 Å². The van der Waals surface area contributed by atoms with Crippen LogP contribution in [0.25, 0.3) is 0 Å². The lowest BCUT2D eigenvalue weighted by Crippen LogP contribution is -2.60. The van der Waals surface area contributed by atoms with Gasteiger partial charge in [-0.15, -0.1) is 0 Å². The van der Waals surface area contributed by atoms with Gasteiger partial charge < -0.3 is 40.3 Å². The van der Waals surface area contributed by atoms with Crippen molar-refractivity contribution in [2.45, 2.75) is 134 Å². The Morgan fingerprint density at radius 3 is 2.05 bits per heavy atom. The second-order valence-electron chi connectivity index (χ2n) is 10.9. The third kappa shape index (κ3) is 17.7. The highest BCUT2D eigenvalue weighted by atomic mass is 16.7. The summed E-state index contributed by atoms with van der Waals surface area (Å²) in [4.78, 5) is 12.7. The van der Waals surface area contributed by atoms with E-state index in [9.17, 15) is 30.3 Å². The van der Waals surface area contributed by atoms with E-state index in [0.29, 0.717) is 6.42 Å². The number of aliphatic hydroxyl groups is 5. The summed E-state index contributed by atoms with van der Waals surface area (Å²) in [5.41, 5.74) is 0. The Morgan fingerprint density at radius 1 is 0.814 bits per heavy atom. The first-order chi connectivity index (χ1) is 20.8. The van der Waals surface area contributed by atoms with E-state index >= 15 is 0 Å². The number of hydrogen-bond acceptors (Lipinski definition) is 8. The zero-order valence-corrected chi connectivity index (χ0v) is 26.2. The summed E-state index contributed by atoms with van der Waals surface area (Å²) in [5.74, 6) is -0.231. The SMILES string of the molecule is CC/C=C\C/C=C\C/C=C\C/C=C\CCCCC(=O)NC(COC1OC(CO)C(O)C(O)C1O)C(O)/C=C/CCCCC. The van der Waals surface area contributed by atoms with Crippen LogP contribution >= 0.6 is 0 Å². The van der Waals surface area contributed by atoms with Crippen LogP contribution in [0.15, 0.2) is 60.8 Å². The summed E-state index contributed by atoms with van der Waals surface area (Å²) >= 11 is 0. The molecule has 0 bridgehead atoms. The van der Waals surface area contributed by atoms with Gasteiger partial charge in [0.05, 0.1) is 25.4 Å². The maximum absolute atomic E-state index is 12.7. The lowest BCUT2D eigenvalue weighted by atomic mass is 9.99. The summed E-state index contributed by atoms with van der Waals surface area (Å²) in [6, 6.07) is -0.823. The van der Waals surface area contributed by atoms with Gasteiger partial charge in [-0.05, 0) is 57.8 Å². The number of rotatable bonds is 23. The largest absolute Gasteiger partial charge is 0.394 e.